The van der Waals surface area contributed by atoms with E-state index in [9.17, 15) is 4.39 Å². The zero-order valence-electron chi connectivity index (χ0n) is 12.5. The van der Waals surface area contributed by atoms with Crippen LogP contribution in [-0.4, -0.2) is 12.6 Å². The molecule has 0 amide bonds. The van der Waals surface area contributed by atoms with Gasteiger partial charge in [0.2, 0.25) is 0 Å². The SMILES string of the molecule is CCCNC(Cc1ccc(Cl)c(F)c1)C1CCCC1C. The molecule has 1 nitrogen and oxygen atoms in total. The molecule has 112 valence electrons. The summed E-state index contributed by atoms with van der Waals surface area (Å²) in [5, 5.41) is 3.88. The number of nitrogens with one attached hydrogen (secondary N) is 1. The van der Waals surface area contributed by atoms with Crippen LogP contribution in [0.25, 0.3) is 0 Å². The summed E-state index contributed by atoms with van der Waals surface area (Å²) in [5.41, 5.74) is 1.04. The molecule has 0 aromatic heterocycles. The van der Waals surface area contributed by atoms with Crippen LogP contribution in [0.5, 0.6) is 0 Å². The molecule has 1 N–H and O–H groups in total. The van der Waals surface area contributed by atoms with Crippen molar-refractivity contribution in [3.05, 3.63) is 34.6 Å². The van der Waals surface area contributed by atoms with E-state index < -0.39 is 0 Å². The highest BCUT2D eigenvalue weighted by molar-refractivity contribution is 6.30. The summed E-state index contributed by atoms with van der Waals surface area (Å²) >= 11 is 5.76. The van der Waals surface area contributed by atoms with Crippen molar-refractivity contribution >= 4 is 11.6 Å². The summed E-state index contributed by atoms with van der Waals surface area (Å²) in [6, 6.07) is 5.66. The first-order chi connectivity index (χ1) is 9.61. The van der Waals surface area contributed by atoms with Crippen molar-refractivity contribution in [1.29, 1.82) is 0 Å². The highest BCUT2D eigenvalue weighted by Crippen LogP contribution is 2.35. The molecule has 3 heteroatoms. The fourth-order valence-corrected chi connectivity index (χ4v) is 3.51. The second-order valence-corrected chi connectivity index (χ2v) is 6.49. The normalized spacial score (nSPS) is 24.0. The summed E-state index contributed by atoms with van der Waals surface area (Å²) in [6.45, 7) is 5.56. The number of hydrogen-bond donors (Lipinski definition) is 1. The van der Waals surface area contributed by atoms with Crippen LogP contribution in [0.1, 0.15) is 45.1 Å². The van der Waals surface area contributed by atoms with Crippen molar-refractivity contribution in [2.75, 3.05) is 6.54 Å². The minimum Gasteiger partial charge on any atom is -0.313 e. The van der Waals surface area contributed by atoms with Gasteiger partial charge in [0.05, 0.1) is 5.02 Å². The van der Waals surface area contributed by atoms with Gasteiger partial charge in [0.1, 0.15) is 5.82 Å². The van der Waals surface area contributed by atoms with Gasteiger partial charge in [-0.25, -0.2) is 4.39 Å². The van der Waals surface area contributed by atoms with E-state index in [1.165, 1.54) is 19.3 Å². The van der Waals surface area contributed by atoms with Crippen molar-refractivity contribution in [2.45, 2.75) is 52.0 Å². The fourth-order valence-electron chi connectivity index (χ4n) is 3.40. The molecule has 1 aromatic carbocycles. The van der Waals surface area contributed by atoms with Crippen LogP contribution in [-0.2, 0) is 6.42 Å². The molecule has 0 heterocycles. The molecule has 1 fully saturated rings. The summed E-state index contributed by atoms with van der Waals surface area (Å²) in [4.78, 5) is 0. The summed E-state index contributed by atoms with van der Waals surface area (Å²) in [6.07, 6.45) is 5.96. The smallest absolute Gasteiger partial charge is 0.142 e. The quantitative estimate of drug-likeness (QED) is 0.793. The van der Waals surface area contributed by atoms with Crippen molar-refractivity contribution < 1.29 is 4.39 Å². The third-order valence-electron chi connectivity index (χ3n) is 4.54. The zero-order valence-corrected chi connectivity index (χ0v) is 13.2. The van der Waals surface area contributed by atoms with E-state index >= 15 is 0 Å². The Bertz CT molecular complexity index is 435. The molecule has 1 saturated carbocycles. The van der Waals surface area contributed by atoms with Gasteiger partial charge in [0, 0.05) is 6.04 Å². The van der Waals surface area contributed by atoms with Crippen LogP contribution in [0.3, 0.4) is 0 Å². The molecule has 0 bridgehead atoms. The molecule has 2 rings (SSSR count). The van der Waals surface area contributed by atoms with E-state index in [0.717, 1.165) is 30.9 Å². The maximum atomic E-state index is 13.6. The molecule has 3 unspecified atom stereocenters. The van der Waals surface area contributed by atoms with Gasteiger partial charge >= 0.3 is 0 Å². The Morgan fingerprint density at radius 2 is 2.20 bits per heavy atom. The lowest BCUT2D eigenvalue weighted by Gasteiger charge is -2.28. The number of benzene rings is 1. The van der Waals surface area contributed by atoms with Gasteiger partial charge in [-0.2, -0.15) is 0 Å². The van der Waals surface area contributed by atoms with Crippen LogP contribution in [0.2, 0.25) is 5.02 Å². The standard InChI is InChI=1S/C17H25ClFN/c1-3-9-20-17(14-6-4-5-12(14)2)11-13-7-8-15(18)16(19)10-13/h7-8,10,12,14,17,20H,3-6,9,11H2,1-2H3. The zero-order chi connectivity index (χ0) is 14.5. The van der Waals surface area contributed by atoms with Gasteiger partial charge in [-0.3, -0.25) is 0 Å². The van der Waals surface area contributed by atoms with Gasteiger partial charge in [0.15, 0.2) is 0 Å². The molecule has 1 aromatic rings. The van der Waals surface area contributed by atoms with E-state index in [1.807, 2.05) is 6.07 Å². The largest absolute Gasteiger partial charge is 0.313 e. The lowest BCUT2D eigenvalue weighted by atomic mass is 9.86. The molecule has 0 saturated heterocycles. The summed E-state index contributed by atoms with van der Waals surface area (Å²) in [5.74, 6) is 1.17. The molecular formula is C17H25ClFN. The summed E-state index contributed by atoms with van der Waals surface area (Å²) in [7, 11) is 0. The first-order valence-corrected chi connectivity index (χ1v) is 8.17. The Kier molecular flexibility index (Phi) is 5.86. The van der Waals surface area contributed by atoms with Gasteiger partial charge in [-0.1, -0.05) is 44.4 Å². The minimum absolute atomic E-state index is 0.209. The van der Waals surface area contributed by atoms with E-state index in [2.05, 4.69) is 19.2 Å². The molecule has 1 aliphatic carbocycles. The molecule has 1 aliphatic rings. The van der Waals surface area contributed by atoms with Crippen molar-refractivity contribution in [2.24, 2.45) is 11.8 Å². The van der Waals surface area contributed by atoms with E-state index in [0.29, 0.717) is 12.0 Å². The lowest BCUT2D eigenvalue weighted by molar-refractivity contribution is 0.295. The van der Waals surface area contributed by atoms with Gasteiger partial charge in [-0.05, 0) is 55.3 Å². The van der Waals surface area contributed by atoms with Crippen LogP contribution in [0.4, 0.5) is 4.39 Å². The molecule has 0 aliphatic heterocycles. The predicted molar refractivity (Wildman–Crippen MR) is 83.7 cm³/mol. The van der Waals surface area contributed by atoms with Crippen LogP contribution >= 0.6 is 11.6 Å². The average Bonchev–Trinajstić information content (AvgIpc) is 2.85. The Labute approximate surface area is 126 Å². The first-order valence-electron chi connectivity index (χ1n) is 7.79. The topological polar surface area (TPSA) is 12.0 Å². The van der Waals surface area contributed by atoms with Crippen molar-refractivity contribution in [1.82, 2.24) is 5.32 Å². The minimum atomic E-state index is -0.308. The maximum absolute atomic E-state index is 13.6. The molecule has 0 spiro atoms. The third-order valence-corrected chi connectivity index (χ3v) is 4.85. The van der Waals surface area contributed by atoms with Crippen LogP contribution < -0.4 is 5.32 Å². The first kappa shape index (κ1) is 15.8. The molecule has 20 heavy (non-hydrogen) atoms. The Balaban J connectivity index is 2.08. The average molecular weight is 298 g/mol. The Hall–Kier alpha value is -0.600. The monoisotopic (exact) mass is 297 g/mol. The Morgan fingerprint density at radius 3 is 2.80 bits per heavy atom. The van der Waals surface area contributed by atoms with E-state index in [4.69, 9.17) is 11.6 Å². The predicted octanol–water partition coefficient (Wildman–Crippen LogP) is 4.83. The van der Waals surface area contributed by atoms with Crippen molar-refractivity contribution in [3.8, 4) is 0 Å². The Morgan fingerprint density at radius 1 is 1.40 bits per heavy atom. The summed E-state index contributed by atoms with van der Waals surface area (Å²) < 4.78 is 13.6. The lowest BCUT2D eigenvalue weighted by Crippen LogP contribution is -2.39. The van der Waals surface area contributed by atoms with E-state index in [-0.39, 0.29) is 10.8 Å². The number of hydrogen-bond acceptors (Lipinski definition) is 1. The fraction of sp³-hybridized carbons (Fsp3) is 0.647. The second-order valence-electron chi connectivity index (χ2n) is 6.09. The highest BCUT2D eigenvalue weighted by atomic mass is 35.5. The van der Waals surface area contributed by atoms with Crippen LogP contribution in [0.15, 0.2) is 18.2 Å². The molecule has 3 atom stereocenters. The van der Waals surface area contributed by atoms with E-state index in [1.54, 1.807) is 12.1 Å². The maximum Gasteiger partial charge on any atom is 0.142 e. The third kappa shape index (κ3) is 3.95. The number of rotatable bonds is 6. The van der Waals surface area contributed by atoms with Crippen molar-refractivity contribution in [3.63, 3.8) is 0 Å². The second kappa shape index (κ2) is 7.42. The molecule has 0 radical (unpaired) electrons. The number of halogens is 2. The molecular weight excluding hydrogens is 273 g/mol. The highest BCUT2D eigenvalue weighted by Gasteiger charge is 2.30. The van der Waals surface area contributed by atoms with Gasteiger partial charge in [-0.15, -0.1) is 0 Å². The van der Waals surface area contributed by atoms with Gasteiger partial charge in [0.25, 0.3) is 0 Å². The van der Waals surface area contributed by atoms with Gasteiger partial charge < -0.3 is 5.32 Å². The van der Waals surface area contributed by atoms with Crippen LogP contribution in [0, 0.1) is 17.7 Å².